The van der Waals surface area contributed by atoms with Gasteiger partial charge in [-0.05, 0) is 44.5 Å². The summed E-state index contributed by atoms with van der Waals surface area (Å²) in [6, 6.07) is 14.3. The number of rotatable bonds is 3. The van der Waals surface area contributed by atoms with Crippen molar-refractivity contribution in [2.45, 2.75) is 38.4 Å². The summed E-state index contributed by atoms with van der Waals surface area (Å²) in [5.74, 6) is 0. The molecule has 7 heteroatoms. The van der Waals surface area contributed by atoms with Gasteiger partial charge < -0.3 is 30.3 Å². The molecule has 0 amide bonds. The third-order valence-electron chi connectivity index (χ3n) is 4.44. The van der Waals surface area contributed by atoms with Crippen LogP contribution >= 0.6 is 0 Å². The van der Waals surface area contributed by atoms with Crippen LogP contribution in [0.1, 0.15) is 26.3 Å². The first kappa shape index (κ1) is 19.4. The molecule has 3 rings (SSSR count). The van der Waals surface area contributed by atoms with E-state index in [9.17, 15) is 10.2 Å². The van der Waals surface area contributed by atoms with E-state index < -0.39 is 18.5 Å². The summed E-state index contributed by atoms with van der Waals surface area (Å²) in [6.45, 7) is 4.95. The molecule has 134 valence electrons. The minimum Gasteiger partial charge on any atom is -0.402 e. The van der Waals surface area contributed by atoms with E-state index in [4.69, 9.17) is 15.1 Å². The standard InChI is InChI=1S/C18H21NO2.BH3O3/c1-17(2,20)18(3,21)11-12-8-9-16-14(10-12)13-6-4-5-7-15(13)19-16;2-1(3)4/h4-10,19-21H,11H2,1-3H3;2-4H. The van der Waals surface area contributed by atoms with E-state index >= 15 is 0 Å². The summed E-state index contributed by atoms with van der Waals surface area (Å²) in [4.78, 5) is 3.39. The molecular formula is C18H24BNO5. The van der Waals surface area contributed by atoms with Crippen molar-refractivity contribution >= 4 is 29.1 Å². The number of para-hydroxylation sites is 1. The maximum Gasteiger partial charge on any atom is 0.631 e. The van der Waals surface area contributed by atoms with Crippen molar-refractivity contribution in [3.05, 3.63) is 48.0 Å². The van der Waals surface area contributed by atoms with Crippen molar-refractivity contribution in [1.29, 1.82) is 0 Å². The topological polar surface area (TPSA) is 117 Å². The highest BCUT2D eigenvalue weighted by Crippen LogP contribution is 2.30. The monoisotopic (exact) mass is 345 g/mol. The summed E-state index contributed by atoms with van der Waals surface area (Å²) in [5, 5.41) is 44.4. The molecule has 0 radical (unpaired) electrons. The van der Waals surface area contributed by atoms with Crippen LogP contribution in [0.2, 0.25) is 0 Å². The highest BCUT2D eigenvalue weighted by molar-refractivity contribution is 6.30. The van der Waals surface area contributed by atoms with Crippen LogP contribution in [0.3, 0.4) is 0 Å². The SMILES string of the molecule is CC(C)(O)C(C)(O)Cc1ccc2[nH]c3ccccc3c2c1.OB(O)O. The Bertz CT molecular complexity index is 849. The van der Waals surface area contributed by atoms with Crippen molar-refractivity contribution in [1.82, 2.24) is 4.98 Å². The Kier molecular flexibility index (Phi) is 5.56. The van der Waals surface area contributed by atoms with E-state index in [2.05, 4.69) is 23.2 Å². The molecule has 2 aromatic carbocycles. The van der Waals surface area contributed by atoms with Gasteiger partial charge in [0.15, 0.2) is 0 Å². The normalized spacial score (nSPS) is 14.1. The lowest BCUT2D eigenvalue weighted by Gasteiger charge is -2.35. The van der Waals surface area contributed by atoms with E-state index in [1.807, 2.05) is 24.3 Å². The van der Waals surface area contributed by atoms with E-state index in [1.54, 1.807) is 20.8 Å². The highest BCUT2D eigenvalue weighted by Gasteiger charge is 2.37. The van der Waals surface area contributed by atoms with Gasteiger partial charge in [0.2, 0.25) is 0 Å². The molecule has 6 nitrogen and oxygen atoms in total. The van der Waals surface area contributed by atoms with Crippen molar-refractivity contribution in [2.75, 3.05) is 0 Å². The zero-order valence-corrected chi connectivity index (χ0v) is 14.6. The molecule has 0 fully saturated rings. The first-order chi connectivity index (χ1) is 11.5. The highest BCUT2D eigenvalue weighted by atomic mass is 16.5. The number of hydrogen-bond donors (Lipinski definition) is 6. The van der Waals surface area contributed by atoms with Crippen LogP contribution in [0.5, 0.6) is 0 Å². The molecule has 0 saturated heterocycles. The Morgan fingerprint density at radius 3 is 2.04 bits per heavy atom. The molecule has 0 aliphatic rings. The van der Waals surface area contributed by atoms with Crippen LogP contribution in [0.4, 0.5) is 0 Å². The molecule has 0 aliphatic heterocycles. The van der Waals surface area contributed by atoms with E-state index in [0.717, 1.165) is 22.0 Å². The lowest BCUT2D eigenvalue weighted by Crippen LogP contribution is -2.49. The Morgan fingerprint density at radius 1 is 0.880 bits per heavy atom. The molecule has 1 unspecified atom stereocenters. The third kappa shape index (κ3) is 4.59. The van der Waals surface area contributed by atoms with Crippen LogP contribution in [0.25, 0.3) is 21.8 Å². The van der Waals surface area contributed by atoms with Crippen LogP contribution in [0.15, 0.2) is 42.5 Å². The largest absolute Gasteiger partial charge is 0.631 e. The molecule has 6 N–H and O–H groups in total. The molecule has 0 aliphatic carbocycles. The van der Waals surface area contributed by atoms with Gasteiger partial charge in [0.1, 0.15) is 0 Å². The first-order valence-electron chi connectivity index (χ1n) is 7.99. The second-order valence-electron chi connectivity index (χ2n) is 6.91. The average Bonchev–Trinajstić information content (AvgIpc) is 2.83. The van der Waals surface area contributed by atoms with Crippen LogP contribution < -0.4 is 0 Å². The fourth-order valence-corrected chi connectivity index (χ4v) is 2.62. The van der Waals surface area contributed by atoms with E-state index in [1.165, 1.54) is 5.39 Å². The molecule has 0 spiro atoms. The second kappa shape index (κ2) is 7.15. The molecule has 0 saturated carbocycles. The van der Waals surface area contributed by atoms with Crippen molar-refractivity contribution in [2.24, 2.45) is 0 Å². The number of aromatic nitrogens is 1. The summed E-state index contributed by atoms with van der Waals surface area (Å²) in [6.07, 6.45) is 0.409. The third-order valence-corrected chi connectivity index (χ3v) is 4.44. The van der Waals surface area contributed by atoms with Gasteiger partial charge in [-0.3, -0.25) is 0 Å². The number of hydrogen-bond acceptors (Lipinski definition) is 5. The lowest BCUT2D eigenvalue weighted by atomic mass is 9.82. The molecule has 0 bridgehead atoms. The number of benzene rings is 2. The van der Waals surface area contributed by atoms with Gasteiger partial charge in [-0.25, -0.2) is 0 Å². The fraction of sp³-hybridized carbons (Fsp3) is 0.333. The van der Waals surface area contributed by atoms with Crippen molar-refractivity contribution in [3.8, 4) is 0 Å². The Labute approximate surface area is 146 Å². The van der Waals surface area contributed by atoms with E-state index in [-0.39, 0.29) is 0 Å². The predicted octanol–water partition coefficient (Wildman–Crippen LogP) is 1.33. The Morgan fingerprint density at radius 2 is 1.44 bits per heavy atom. The molecule has 1 heterocycles. The zero-order chi connectivity index (χ0) is 18.8. The summed E-state index contributed by atoms with van der Waals surface area (Å²) < 4.78 is 0. The number of aromatic amines is 1. The second-order valence-corrected chi connectivity index (χ2v) is 6.91. The first-order valence-corrected chi connectivity index (χ1v) is 7.99. The Hall–Kier alpha value is -1.90. The molecule has 1 atom stereocenters. The van der Waals surface area contributed by atoms with Gasteiger partial charge in [0.05, 0.1) is 11.2 Å². The average molecular weight is 345 g/mol. The smallest absolute Gasteiger partial charge is 0.402 e. The summed E-state index contributed by atoms with van der Waals surface area (Å²) >= 11 is 0. The van der Waals surface area contributed by atoms with Crippen LogP contribution in [-0.2, 0) is 6.42 Å². The predicted molar refractivity (Wildman–Crippen MR) is 98.8 cm³/mol. The molecule has 25 heavy (non-hydrogen) atoms. The van der Waals surface area contributed by atoms with Crippen LogP contribution in [-0.4, -0.2) is 48.8 Å². The van der Waals surface area contributed by atoms with Gasteiger partial charge >= 0.3 is 7.32 Å². The van der Waals surface area contributed by atoms with Crippen LogP contribution in [0, 0.1) is 0 Å². The maximum atomic E-state index is 10.5. The van der Waals surface area contributed by atoms with Gasteiger partial charge in [0.25, 0.3) is 0 Å². The summed E-state index contributed by atoms with van der Waals surface area (Å²) in [7, 11) is -2.17. The van der Waals surface area contributed by atoms with Crippen molar-refractivity contribution in [3.63, 3.8) is 0 Å². The molecule has 1 aromatic heterocycles. The quantitative estimate of drug-likeness (QED) is 0.401. The van der Waals surface area contributed by atoms with Gasteiger partial charge in [-0.15, -0.1) is 0 Å². The Balaban J connectivity index is 0.000000511. The zero-order valence-electron chi connectivity index (χ0n) is 14.6. The van der Waals surface area contributed by atoms with Gasteiger partial charge in [0, 0.05) is 28.2 Å². The van der Waals surface area contributed by atoms with Gasteiger partial charge in [-0.1, -0.05) is 24.3 Å². The van der Waals surface area contributed by atoms with Crippen molar-refractivity contribution < 1.29 is 25.3 Å². The fourth-order valence-electron chi connectivity index (χ4n) is 2.62. The summed E-state index contributed by atoms with van der Waals surface area (Å²) in [5.41, 5.74) is 0.885. The minimum atomic E-state index is -2.17. The molecular weight excluding hydrogens is 321 g/mol. The maximum absolute atomic E-state index is 10.5. The minimum absolute atomic E-state index is 0.409. The lowest BCUT2D eigenvalue weighted by molar-refractivity contribution is -0.118. The number of fused-ring (bicyclic) bond motifs is 3. The number of H-pyrrole nitrogens is 1. The number of aliphatic hydroxyl groups is 2. The number of nitrogens with one attached hydrogen (secondary N) is 1. The van der Waals surface area contributed by atoms with Gasteiger partial charge in [-0.2, -0.15) is 0 Å². The van der Waals surface area contributed by atoms with E-state index in [0.29, 0.717) is 6.42 Å². The molecule has 3 aromatic rings.